The number of benzene rings is 1. The largest absolute Gasteiger partial charge is 0.534 e. The van der Waals surface area contributed by atoms with Crippen molar-refractivity contribution in [2.75, 3.05) is 0 Å². The molecule has 0 bridgehead atoms. The molecule has 108 valence electrons. The zero-order valence-corrected chi connectivity index (χ0v) is 9.33. The zero-order valence-electron chi connectivity index (χ0n) is 8.51. The van der Waals surface area contributed by atoms with Gasteiger partial charge in [0.15, 0.2) is 5.75 Å². The predicted molar refractivity (Wildman–Crippen MR) is 47.0 cm³/mol. The molecule has 0 saturated heterocycles. The summed E-state index contributed by atoms with van der Waals surface area (Å²) in [5.41, 5.74) is -7.87. The van der Waals surface area contributed by atoms with Gasteiger partial charge >= 0.3 is 21.8 Å². The van der Waals surface area contributed by atoms with Crippen molar-refractivity contribution >= 4 is 10.1 Å². The van der Waals surface area contributed by atoms with E-state index in [0.29, 0.717) is 6.07 Å². The molecule has 19 heavy (non-hydrogen) atoms. The van der Waals surface area contributed by atoms with Gasteiger partial charge in [-0.15, -0.1) is 0 Å². The fraction of sp³-hybridized carbons (Fsp3) is 0.250. The maximum atomic E-state index is 12.6. The molecule has 0 amide bonds. The van der Waals surface area contributed by atoms with Gasteiger partial charge in [0.2, 0.25) is 0 Å². The van der Waals surface area contributed by atoms with Gasteiger partial charge < -0.3 is 4.18 Å². The third-order valence-electron chi connectivity index (χ3n) is 1.73. The zero-order chi connectivity index (χ0) is 15.1. The summed E-state index contributed by atoms with van der Waals surface area (Å²) in [6.07, 6.45) is -5.28. The Morgan fingerprint density at radius 3 is 1.95 bits per heavy atom. The number of hydrogen-bond donors (Lipinski definition) is 0. The van der Waals surface area contributed by atoms with Crippen LogP contribution in [0.4, 0.5) is 30.7 Å². The smallest absolute Gasteiger partial charge is 0.375 e. The summed E-state index contributed by atoms with van der Waals surface area (Å²) in [5, 5.41) is 0. The van der Waals surface area contributed by atoms with Gasteiger partial charge in [0.1, 0.15) is 11.4 Å². The molecule has 1 aromatic carbocycles. The second kappa shape index (κ2) is 4.54. The molecule has 3 nitrogen and oxygen atoms in total. The van der Waals surface area contributed by atoms with E-state index in [9.17, 15) is 39.2 Å². The Labute approximate surface area is 101 Å². The van der Waals surface area contributed by atoms with Crippen molar-refractivity contribution in [1.82, 2.24) is 0 Å². The minimum Gasteiger partial charge on any atom is -0.375 e. The summed E-state index contributed by atoms with van der Waals surface area (Å²) in [7, 11) is -6.27. The van der Waals surface area contributed by atoms with E-state index in [2.05, 4.69) is 4.18 Å². The SMILES string of the molecule is O=S(=O)(Oc1ccc(F)cc1C(F)(F)F)C(F)(F)F. The topological polar surface area (TPSA) is 43.4 Å². The quantitative estimate of drug-likeness (QED) is 0.479. The van der Waals surface area contributed by atoms with E-state index in [1.54, 1.807) is 0 Å². The van der Waals surface area contributed by atoms with Gasteiger partial charge in [-0.05, 0) is 18.2 Å². The first-order valence-electron chi connectivity index (χ1n) is 4.22. The standard InChI is InChI=1S/C8H3F7O3S/c9-4-1-2-6(5(3-4)7(10,11)12)18-19(16,17)8(13,14)15/h1-3H. The van der Waals surface area contributed by atoms with Gasteiger partial charge in [-0.3, -0.25) is 0 Å². The molecule has 1 aromatic rings. The molecule has 1 rings (SSSR count). The molecular weight excluding hydrogens is 309 g/mol. The highest BCUT2D eigenvalue weighted by Gasteiger charge is 2.49. The Morgan fingerprint density at radius 2 is 1.53 bits per heavy atom. The fourth-order valence-corrected chi connectivity index (χ4v) is 1.44. The van der Waals surface area contributed by atoms with Gasteiger partial charge in [0.25, 0.3) is 0 Å². The van der Waals surface area contributed by atoms with Gasteiger partial charge in [0, 0.05) is 0 Å². The van der Waals surface area contributed by atoms with Crippen molar-refractivity contribution in [2.24, 2.45) is 0 Å². The third kappa shape index (κ3) is 3.49. The number of halogens is 7. The first-order chi connectivity index (χ1) is 8.34. The first kappa shape index (κ1) is 15.5. The Balaban J connectivity index is 3.31. The van der Waals surface area contributed by atoms with Crippen molar-refractivity contribution in [3.8, 4) is 5.75 Å². The first-order valence-corrected chi connectivity index (χ1v) is 5.63. The molecular formula is C8H3F7O3S. The van der Waals surface area contributed by atoms with Gasteiger partial charge in [-0.1, -0.05) is 0 Å². The highest BCUT2D eigenvalue weighted by Crippen LogP contribution is 2.38. The van der Waals surface area contributed by atoms with Crippen LogP contribution in [0.25, 0.3) is 0 Å². The summed E-state index contributed by atoms with van der Waals surface area (Å²) in [4.78, 5) is 0. The van der Waals surface area contributed by atoms with Crippen LogP contribution in [0.5, 0.6) is 5.75 Å². The van der Waals surface area contributed by atoms with Crippen LogP contribution in [-0.4, -0.2) is 13.9 Å². The maximum Gasteiger partial charge on any atom is 0.534 e. The van der Waals surface area contributed by atoms with Crippen molar-refractivity contribution in [3.63, 3.8) is 0 Å². The maximum absolute atomic E-state index is 12.6. The van der Waals surface area contributed by atoms with Gasteiger partial charge in [-0.25, -0.2) is 4.39 Å². The molecule has 0 atom stereocenters. The van der Waals surface area contributed by atoms with Crippen LogP contribution in [0.1, 0.15) is 5.56 Å². The van der Waals surface area contributed by atoms with E-state index in [0.717, 1.165) is 0 Å². The average molecular weight is 312 g/mol. The van der Waals surface area contributed by atoms with Gasteiger partial charge in [-0.2, -0.15) is 34.8 Å². The van der Waals surface area contributed by atoms with Crippen molar-refractivity contribution in [3.05, 3.63) is 29.6 Å². The van der Waals surface area contributed by atoms with Crippen LogP contribution in [0, 0.1) is 5.82 Å². The molecule has 0 aromatic heterocycles. The van der Waals surface area contributed by atoms with Gasteiger partial charge in [0.05, 0.1) is 0 Å². The summed E-state index contributed by atoms with van der Waals surface area (Å²) in [6.45, 7) is 0. The lowest BCUT2D eigenvalue weighted by molar-refractivity contribution is -0.138. The number of hydrogen-bond acceptors (Lipinski definition) is 3. The molecule has 0 aliphatic rings. The van der Waals surface area contributed by atoms with E-state index in [1.807, 2.05) is 0 Å². The average Bonchev–Trinajstić information content (AvgIpc) is 2.17. The molecule has 0 heterocycles. The van der Waals surface area contributed by atoms with E-state index in [1.165, 1.54) is 0 Å². The summed E-state index contributed by atoms with van der Waals surface area (Å²) in [6, 6.07) is 0.291. The summed E-state index contributed by atoms with van der Waals surface area (Å²) >= 11 is 0. The van der Waals surface area contributed by atoms with E-state index >= 15 is 0 Å². The molecule has 0 radical (unpaired) electrons. The highest BCUT2D eigenvalue weighted by atomic mass is 32.2. The Morgan fingerprint density at radius 1 is 1.00 bits per heavy atom. The lowest BCUT2D eigenvalue weighted by atomic mass is 10.2. The Kier molecular flexibility index (Phi) is 3.72. The molecule has 11 heteroatoms. The predicted octanol–water partition coefficient (Wildman–Crippen LogP) is 3.07. The Hall–Kier alpha value is -1.52. The minimum atomic E-state index is -6.27. The van der Waals surface area contributed by atoms with Crippen LogP contribution in [0.2, 0.25) is 0 Å². The van der Waals surface area contributed by atoms with Crippen LogP contribution < -0.4 is 4.18 Å². The molecule has 0 saturated carbocycles. The van der Waals surface area contributed by atoms with E-state index < -0.39 is 38.9 Å². The molecule has 0 aliphatic carbocycles. The van der Waals surface area contributed by atoms with Crippen molar-refractivity contribution in [2.45, 2.75) is 11.7 Å². The lowest BCUT2D eigenvalue weighted by Crippen LogP contribution is -2.28. The lowest BCUT2D eigenvalue weighted by Gasteiger charge is -2.14. The number of rotatable bonds is 2. The van der Waals surface area contributed by atoms with Crippen LogP contribution in [0.15, 0.2) is 18.2 Å². The third-order valence-corrected chi connectivity index (χ3v) is 2.70. The minimum absolute atomic E-state index is 0.140. The van der Waals surface area contributed by atoms with E-state index in [-0.39, 0.29) is 12.1 Å². The fourth-order valence-electron chi connectivity index (χ4n) is 0.962. The van der Waals surface area contributed by atoms with E-state index in [4.69, 9.17) is 0 Å². The Bertz CT molecular complexity index is 573. The highest BCUT2D eigenvalue weighted by molar-refractivity contribution is 7.88. The van der Waals surface area contributed by atoms with Crippen molar-refractivity contribution < 1.29 is 43.3 Å². The molecule has 0 aliphatic heterocycles. The second-order valence-corrected chi connectivity index (χ2v) is 4.66. The summed E-state index contributed by atoms with van der Waals surface area (Å²) in [5.74, 6) is -3.07. The van der Waals surface area contributed by atoms with Crippen LogP contribution in [0.3, 0.4) is 0 Å². The van der Waals surface area contributed by atoms with Crippen LogP contribution in [-0.2, 0) is 16.3 Å². The second-order valence-electron chi connectivity index (χ2n) is 3.12. The summed E-state index contributed by atoms with van der Waals surface area (Å²) < 4.78 is 110. The van der Waals surface area contributed by atoms with Crippen LogP contribution >= 0.6 is 0 Å². The van der Waals surface area contributed by atoms with Crippen molar-refractivity contribution in [1.29, 1.82) is 0 Å². The molecule has 0 N–H and O–H groups in total. The normalized spacial score (nSPS) is 13.4. The monoisotopic (exact) mass is 312 g/mol. The molecule has 0 spiro atoms. The molecule has 0 unspecified atom stereocenters. The molecule has 0 fully saturated rings. The number of alkyl halides is 6.